The van der Waals surface area contributed by atoms with Gasteiger partial charge in [0.2, 0.25) is 0 Å². The van der Waals surface area contributed by atoms with Crippen LogP contribution < -0.4 is 0 Å². The molecule has 0 atom stereocenters. The summed E-state index contributed by atoms with van der Waals surface area (Å²) in [7, 11) is 0. The lowest BCUT2D eigenvalue weighted by Gasteiger charge is -2.14. The van der Waals surface area contributed by atoms with E-state index in [1.165, 1.54) is 18.6 Å². The molecule has 0 nitrogen and oxygen atoms in total. The van der Waals surface area contributed by atoms with Gasteiger partial charge >= 0.3 is 0 Å². The highest BCUT2D eigenvalue weighted by atomic mass is 32.2. The molecule has 0 heterocycles. The summed E-state index contributed by atoms with van der Waals surface area (Å²) in [4.78, 5) is 0. The Bertz CT molecular complexity index is 86.4. The largest absolute Gasteiger partial charge is 0.149 e. The van der Waals surface area contributed by atoms with Crippen molar-refractivity contribution >= 4 is 11.8 Å². The van der Waals surface area contributed by atoms with Crippen LogP contribution in [0.2, 0.25) is 0 Å². The minimum Gasteiger partial charge on any atom is -0.149 e. The molecule has 0 aromatic carbocycles. The fourth-order valence-electron chi connectivity index (χ4n) is 0.554. The molecule has 1 rings (SSSR count). The lowest BCUT2D eigenvalue weighted by molar-refractivity contribution is 1.09. The first-order valence-corrected chi connectivity index (χ1v) is 4.07. The minimum absolute atomic E-state index is 1.23. The molecule has 0 unspecified atom stereocenters. The summed E-state index contributed by atoms with van der Waals surface area (Å²) in [6.45, 7) is 2.22. The van der Waals surface area contributed by atoms with Crippen LogP contribution in [0, 0.1) is 5.25 Å². The zero-order chi connectivity index (χ0) is 5.82. The predicted molar refractivity (Wildman–Crippen MR) is 39.7 cm³/mol. The number of hydrogen-bond acceptors (Lipinski definition) is 1. The average molecular weight is 127 g/mol. The second-order valence-corrected chi connectivity index (χ2v) is 3.14. The van der Waals surface area contributed by atoms with Crippen LogP contribution in [-0.2, 0) is 0 Å². The maximum atomic E-state index is 2.22. The number of thioether (sulfide) groups is 1. The molecule has 1 aliphatic carbocycles. The van der Waals surface area contributed by atoms with Crippen LogP contribution in [0.3, 0.4) is 0 Å². The lowest BCUT2D eigenvalue weighted by atomic mass is 10.1. The Morgan fingerprint density at radius 2 is 2.50 bits per heavy atom. The quantitative estimate of drug-likeness (QED) is 0.561. The van der Waals surface area contributed by atoms with Crippen molar-refractivity contribution in [3.63, 3.8) is 0 Å². The van der Waals surface area contributed by atoms with Gasteiger partial charge in [-0.2, -0.15) is 0 Å². The first kappa shape index (κ1) is 6.21. The number of hydrogen-bond donors (Lipinski definition) is 0. The third-order valence-corrected chi connectivity index (χ3v) is 2.40. The molecule has 0 aliphatic heterocycles. The van der Waals surface area contributed by atoms with Crippen molar-refractivity contribution < 1.29 is 0 Å². The fraction of sp³-hybridized carbons (Fsp3) is 0.571. The Hall–Kier alpha value is 0.0900. The van der Waals surface area contributed by atoms with E-state index in [-0.39, 0.29) is 0 Å². The summed E-state index contributed by atoms with van der Waals surface area (Å²) >= 11 is 1.99. The monoisotopic (exact) mass is 127 g/mol. The zero-order valence-corrected chi connectivity index (χ0v) is 6.00. The molecule has 0 N–H and O–H groups in total. The highest BCUT2D eigenvalue weighted by Crippen LogP contribution is 2.31. The van der Waals surface area contributed by atoms with E-state index in [0.29, 0.717) is 0 Å². The van der Waals surface area contributed by atoms with Gasteiger partial charge in [-0.1, -0.05) is 19.1 Å². The number of rotatable bonds is 3. The Labute approximate surface area is 55.4 Å². The molecule has 0 fully saturated rings. The van der Waals surface area contributed by atoms with E-state index in [0.717, 1.165) is 0 Å². The SMILES string of the molecule is CCCS[C]1C=CC1. The van der Waals surface area contributed by atoms with Crippen LogP contribution in [0.25, 0.3) is 0 Å². The van der Waals surface area contributed by atoms with Crippen molar-refractivity contribution in [1.82, 2.24) is 0 Å². The van der Waals surface area contributed by atoms with Crippen LogP contribution in [-0.4, -0.2) is 5.75 Å². The average Bonchev–Trinajstić information content (AvgIpc) is 1.63. The van der Waals surface area contributed by atoms with E-state index in [1.807, 2.05) is 11.8 Å². The Kier molecular flexibility index (Phi) is 2.47. The van der Waals surface area contributed by atoms with Gasteiger partial charge < -0.3 is 0 Å². The minimum atomic E-state index is 1.23. The van der Waals surface area contributed by atoms with Crippen molar-refractivity contribution in [2.45, 2.75) is 19.8 Å². The molecule has 0 saturated carbocycles. The van der Waals surface area contributed by atoms with Crippen molar-refractivity contribution in [2.24, 2.45) is 0 Å². The predicted octanol–water partition coefficient (Wildman–Crippen LogP) is 2.62. The summed E-state index contributed by atoms with van der Waals surface area (Å²) in [5.41, 5.74) is 0. The van der Waals surface area contributed by atoms with Gasteiger partial charge in [-0.3, -0.25) is 0 Å². The van der Waals surface area contributed by atoms with Gasteiger partial charge in [-0.05, 0) is 18.6 Å². The van der Waals surface area contributed by atoms with E-state index < -0.39 is 0 Å². The topological polar surface area (TPSA) is 0 Å². The Morgan fingerprint density at radius 3 is 2.88 bits per heavy atom. The highest BCUT2D eigenvalue weighted by molar-refractivity contribution is 8.02. The molecule has 8 heavy (non-hydrogen) atoms. The summed E-state index contributed by atoms with van der Waals surface area (Å²) in [5, 5.41) is 1.56. The van der Waals surface area contributed by atoms with E-state index in [9.17, 15) is 0 Å². The molecule has 0 bridgehead atoms. The van der Waals surface area contributed by atoms with Gasteiger partial charge in [-0.25, -0.2) is 0 Å². The Morgan fingerprint density at radius 1 is 1.75 bits per heavy atom. The summed E-state index contributed by atoms with van der Waals surface area (Å²) in [6.07, 6.45) is 6.94. The maximum Gasteiger partial charge on any atom is 0.0557 e. The normalized spacial score (nSPS) is 18.6. The second-order valence-electron chi connectivity index (χ2n) is 1.92. The molecule has 1 radical (unpaired) electrons. The van der Waals surface area contributed by atoms with E-state index in [1.54, 1.807) is 5.25 Å². The van der Waals surface area contributed by atoms with Crippen LogP contribution >= 0.6 is 11.8 Å². The molecule has 0 aromatic rings. The first-order chi connectivity index (χ1) is 3.93. The number of allylic oxidation sites excluding steroid dienone is 1. The smallest absolute Gasteiger partial charge is 0.0557 e. The molecule has 0 saturated heterocycles. The molecular formula is C7H11S. The van der Waals surface area contributed by atoms with Crippen LogP contribution in [0.5, 0.6) is 0 Å². The standard InChI is InChI=1S/C7H11S/c1-2-6-8-7-4-3-5-7/h3-4H,2,5-6H2,1H3. The molecular weight excluding hydrogens is 116 g/mol. The van der Waals surface area contributed by atoms with Crippen LogP contribution in [0.4, 0.5) is 0 Å². The first-order valence-electron chi connectivity index (χ1n) is 3.08. The third-order valence-electron chi connectivity index (χ3n) is 1.11. The van der Waals surface area contributed by atoms with Crippen LogP contribution in [0.1, 0.15) is 19.8 Å². The van der Waals surface area contributed by atoms with Crippen molar-refractivity contribution in [2.75, 3.05) is 5.75 Å². The summed E-state index contributed by atoms with van der Waals surface area (Å²) < 4.78 is 0. The maximum absolute atomic E-state index is 2.22. The second kappa shape index (κ2) is 3.18. The molecule has 0 amide bonds. The van der Waals surface area contributed by atoms with Gasteiger partial charge in [0.1, 0.15) is 0 Å². The van der Waals surface area contributed by atoms with E-state index in [4.69, 9.17) is 0 Å². The fourth-order valence-corrected chi connectivity index (χ4v) is 1.43. The Balaban J connectivity index is 1.95. The van der Waals surface area contributed by atoms with Crippen molar-refractivity contribution in [3.8, 4) is 0 Å². The van der Waals surface area contributed by atoms with E-state index in [2.05, 4.69) is 19.1 Å². The van der Waals surface area contributed by atoms with Crippen molar-refractivity contribution in [1.29, 1.82) is 0 Å². The third kappa shape index (κ3) is 1.55. The summed E-state index contributed by atoms with van der Waals surface area (Å²) in [5.74, 6) is 1.29. The van der Waals surface area contributed by atoms with Crippen LogP contribution in [0.15, 0.2) is 12.2 Å². The van der Waals surface area contributed by atoms with Gasteiger partial charge in [0, 0.05) is 0 Å². The lowest BCUT2D eigenvalue weighted by Crippen LogP contribution is -1.94. The molecule has 0 spiro atoms. The van der Waals surface area contributed by atoms with Crippen molar-refractivity contribution in [3.05, 3.63) is 17.4 Å². The molecule has 45 valence electrons. The summed E-state index contributed by atoms with van der Waals surface area (Å²) in [6, 6.07) is 0. The van der Waals surface area contributed by atoms with E-state index >= 15 is 0 Å². The highest BCUT2D eigenvalue weighted by Gasteiger charge is 2.09. The molecule has 1 heteroatoms. The molecule has 1 aliphatic rings. The van der Waals surface area contributed by atoms with Gasteiger partial charge in [0.25, 0.3) is 0 Å². The van der Waals surface area contributed by atoms with Gasteiger partial charge in [0.15, 0.2) is 0 Å². The van der Waals surface area contributed by atoms with Gasteiger partial charge in [-0.15, -0.1) is 11.8 Å². The zero-order valence-electron chi connectivity index (χ0n) is 5.18. The molecule has 0 aromatic heterocycles. The van der Waals surface area contributed by atoms with Gasteiger partial charge in [0.05, 0.1) is 5.25 Å².